The third-order valence-electron chi connectivity index (χ3n) is 1.21. The van der Waals surface area contributed by atoms with E-state index in [9.17, 15) is 4.79 Å². The molecule has 0 aliphatic heterocycles. The van der Waals surface area contributed by atoms with Gasteiger partial charge in [0.25, 0.3) is 0 Å². The number of nitrogens with zero attached hydrogens (tertiary/aromatic N) is 2. The Bertz CT molecular complexity index is 274. The Kier molecular flexibility index (Phi) is 3.09. The Morgan fingerprint density at radius 2 is 2.42 bits per heavy atom. The van der Waals surface area contributed by atoms with Crippen molar-refractivity contribution in [2.75, 3.05) is 5.75 Å². The molecule has 1 N–H and O–H groups in total. The second-order valence-corrected chi connectivity index (χ2v) is 3.17. The molecule has 0 aliphatic rings. The van der Waals surface area contributed by atoms with E-state index in [0.29, 0.717) is 17.1 Å². The van der Waals surface area contributed by atoms with Crippen LogP contribution in [0.4, 0.5) is 0 Å². The van der Waals surface area contributed by atoms with Crippen molar-refractivity contribution < 1.29 is 14.5 Å². The van der Waals surface area contributed by atoms with Gasteiger partial charge in [0.2, 0.25) is 0 Å². The maximum absolute atomic E-state index is 10.1. The summed E-state index contributed by atoms with van der Waals surface area (Å²) in [6.45, 7) is 1.77. The first-order valence-electron chi connectivity index (χ1n) is 3.27. The van der Waals surface area contributed by atoms with Gasteiger partial charge in [-0.1, -0.05) is 10.3 Å². The van der Waals surface area contributed by atoms with Gasteiger partial charge in [-0.25, -0.2) is 4.63 Å². The van der Waals surface area contributed by atoms with Crippen molar-refractivity contribution >= 4 is 17.7 Å². The molecule has 1 rings (SSSR count). The molecule has 66 valence electrons. The lowest BCUT2D eigenvalue weighted by Gasteiger charge is -1.92. The highest BCUT2D eigenvalue weighted by atomic mass is 32.2. The summed E-state index contributed by atoms with van der Waals surface area (Å²) in [6, 6.07) is 0. The Balaban J connectivity index is 2.33. The van der Waals surface area contributed by atoms with Gasteiger partial charge < -0.3 is 5.11 Å². The largest absolute Gasteiger partial charge is 0.481 e. The van der Waals surface area contributed by atoms with E-state index in [2.05, 4.69) is 14.9 Å². The van der Waals surface area contributed by atoms with Crippen molar-refractivity contribution in [3.63, 3.8) is 0 Å². The highest BCUT2D eigenvalue weighted by Crippen LogP contribution is 2.11. The number of aliphatic carboxylic acids is 1. The number of hydrogen-bond donors (Lipinski definition) is 1. The summed E-state index contributed by atoms with van der Waals surface area (Å²) in [5.41, 5.74) is 1.43. The average molecular weight is 188 g/mol. The number of aromatic nitrogens is 2. The van der Waals surface area contributed by atoms with E-state index in [1.165, 1.54) is 11.8 Å². The maximum atomic E-state index is 10.1. The predicted molar refractivity (Wildman–Crippen MR) is 42.8 cm³/mol. The molecule has 6 heteroatoms. The fourth-order valence-corrected chi connectivity index (χ4v) is 1.35. The molecule has 0 saturated carbocycles. The minimum Gasteiger partial charge on any atom is -0.481 e. The molecule has 0 fully saturated rings. The van der Waals surface area contributed by atoms with E-state index in [0.717, 1.165) is 0 Å². The Labute approximate surface area is 73.1 Å². The van der Waals surface area contributed by atoms with Crippen molar-refractivity contribution in [3.8, 4) is 0 Å². The van der Waals surface area contributed by atoms with Crippen LogP contribution in [-0.4, -0.2) is 27.1 Å². The van der Waals surface area contributed by atoms with Crippen molar-refractivity contribution in [1.29, 1.82) is 0 Å². The first-order valence-corrected chi connectivity index (χ1v) is 4.43. The van der Waals surface area contributed by atoms with Gasteiger partial charge in [-0.15, -0.1) is 11.8 Å². The highest BCUT2D eigenvalue weighted by molar-refractivity contribution is 7.99. The minimum atomic E-state index is -0.825. The van der Waals surface area contributed by atoms with Crippen LogP contribution < -0.4 is 0 Å². The Morgan fingerprint density at radius 1 is 1.67 bits per heavy atom. The van der Waals surface area contributed by atoms with Crippen LogP contribution in [0.5, 0.6) is 0 Å². The predicted octanol–water partition coefficient (Wildman–Crippen LogP) is 0.696. The first-order chi connectivity index (χ1) is 5.70. The molecule has 0 bridgehead atoms. The number of aryl methyl sites for hydroxylation is 1. The molecule has 12 heavy (non-hydrogen) atoms. The average Bonchev–Trinajstić information content (AvgIpc) is 2.36. The molecule has 0 spiro atoms. The summed E-state index contributed by atoms with van der Waals surface area (Å²) in [5.74, 6) is -0.220. The number of thioether (sulfide) groups is 1. The number of carbonyl (C=O) groups is 1. The van der Waals surface area contributed by atoms with Gasteiger partial charge in [-0.05, 0) is 6.92 Å². The molecule has 0 atom stereocenters. The van der Waals surface area contributed by atoms with E-state index in [-0.39, 0.29) is 5.75 Å². The molecule has 0 saturated heterocycles. The van der Waals surface area contributed by atoms with Crippen LogP contribution in [0, 0.1) is 6.92 Å². The monoisotopic (exact) mass is 188 g/mol. The van der Waals surface area contributed by atoms with E-state index < -0.39 is 5.97 Å². The summed E-state index contributed by atoms with van der Waals surface area (Å²) in [6.07, 6.45) is 0. The summed E-state index contributed by atoms with van der Waals surface area (Å²) in [5, 5.41) is 15.5. The molecule has 0 aliphatic carbocycles. The van der Waals surface area contributed by atoms with Gasteiger partial charge in [0.1, 0.15) is 11.4 Å². The quantitative estimate of drug-likeness (QED) is 0.749. The zero-order valence-electron chi connectivity index (χ0n) is 6.48. The third kappa shape index (κ3) is 2.54. The smallest absolute Gasteiger partial charge is 0.313 e. The summed E-state index contributed by atoms with van der Waals surface area (Å²) in [4.78, 5) is 10.1. The van der Waals surface area contributed by atoms with E-state index in [1.807, 2.05) is 0 Å². The molecule has 0 radical (unpaired) electrons. The van der Waals surface area contributed by atoms with Gasteiger partial charge >= 0.3 is 5.97 Å². The van der Waals surface area contributed by atoms with Gasteiger partial charge in [0.05, 0.1) is 5.75 Å². The van der Waals surface area contributed by atoms with E-state index in [1.54, 1.807) is 6.92 Å². The van der Waals surface area contributed by atoms with Crippen LogP contribution in [0.2, 0.25) is 0 Å². The lowest BCUT2D eigenvalue weighted by atomic mass is 10.4. The lowest BCUT2D eigenvalue weighted by molar-refractivity contribution is -0.133. The van der Waals surface area contributed by atoms with Gasteiger partial charge in [-0.3, -0.25) is 4.79 Å². The molecular formula is C6H8N2O3S. The molecule has 1 aromatic rings. The lowest BCUT2D eigenvalue weighted by Crippen LogP contribution is -1.98. The standard InChI is InChI=1S/C6H8N2O3S/c1-4-5(8-11-7-4)2-12-3-6(9)10/h2-3H2,1H3,(H,9,10). The number of carboxylic acids is 1. The second-order valence-electron chi connectivity index (χ2n) is 2.18. The van der Waals surface area contributed by atoms with Gasteiger partial charge in [0, 0.05) is 5.75 Å². The summed E-state index contributed by atoms with van der Waals surface area (Å²) >= 11 is 1.27. The van der Waals surface area contributed by atoms with E-state index >= 15 is 0 Å². The fraction of sp³-hybridized carbons (Fsp3) is 0.500. The molecule has 0 aromatic carbocycles. The summed E-state index contributed by atoms with van der Waals surface area (Å²) < 4.78 is 4.44. The van der Waals surface area contributed by atoms with Crippen LogP contribution in [0.1, 0.15) is 11.4 Å². The number of rotatable bonds is 4. The molecular weight excluding hydrogens is 180 g/mol. The number of hydrogen-bond acceptors (Lipinski definition) is 5. The molecule has 1 heterocycles. The van der Waals surface area contributed by atoms with Crippen molar-refractivity contribution in [1.82, 2.24) is 10.3 Å². The zero-order valence-corrected chi connectivity index (χ0v) is 7.30. The third-order valence-corrected chi connectivity index (χ3v) is 2.14. The van der Waals surface area contributed by atoms with Crippen LogP contribution in [-0.2, 0) is 10.5 Å². The van der Waals surface area contributed by atoms with Crippen molar-refractivity contribution in [2.24, 2.45) is 0 Å². The first kappa shape index (κ1) is 9.05. The zero-order chi connectivity index (χ0) is 8.97. The van der Waals surface area contributed by atoms with Crippen LogP contribution in [0.15, 0.2) is 4.63 Å². The van der Waals surface area contributed by atoms with Gasteiger partial charge in [-0.2, -0.15) is 0 Å². The molecule has 1 aromatic heterocycles. The van der Waals surface area contributed by atoms with E-state index in [4.69, 9.17) is 5.11 Å². The second kappa shape index (κ2) is 4.10. The van der Waals surface area contributed by atoms with Crippen LogP contribution in [0.25, 0.3) is 0 Å². The van der Waals surface area contributed by atoms with Crippen molar-refractivity contribution in [3.05, 3.63) is 11.4 Å². The minimum absolute atomic E-state index is 0.0757. The van der Waals surface area contributed by atoms with Crippen LogP contribution >= 0.6 is 11.8 Å². The SMILES string of the molecule is Cc1nonc1CSCC(=O)O. The molecule has 0 amide bonds. The fourth-order valence-electron chi connectivity index (χ4n) is 0.615. The topological polar surface area (TPSA) is 76.2 Å². The molecule has 5 nitrogen and oxygen atoms in total. The molecule has 0 unspecified atom stereocenters. The normalized spacial score (nSPS) is 10.1. The van der Waals surface area contributed by atoms with Gasteiger partial charge in [0.15, 0.2) is 0 Å². The highest BCUT2D eigenvalue weighted by Gasteiger charge is 2.05. The number of carboxylic acid groups (broad SMARTS) is 1. The maximum Gasteiger partial charge on any atom is 0.313 e. The Hall–Kier alpha value is -1.04. The van der Waals surface area contributed by atoms with Crippen LogP contribution in [0.3, 0.4) is 0 Å². The summed E-state index contributed by atoms with van der Waals surface area (Å²) in [7, 11) is 0. The Morgan fingerprint density at radius 3 is 2.92 bits per heavy atom. The van der Waals surface area contributed by atoms with Crippen molar-refractivity contribution in [2.45, 2.75) is 12.7 Å².